The van der Waals surface area contributed by atoms with Crippen molar-refractivity contribution in [2.75, 3.05) is 13.7 Å². The molecule has 0 spiro atoms. The lowest BCUT2D eigenvalue weighted by molar-refractivity contribution is -0.146. The molecule has 1 aromatic carbocycles. The van der Waals surface area contributed by atoms with Gasteiger partial charge in [0.2, 0.25) is 5.91 Å². The minimum atomic E-state index is -0.594. The van der Waals surface area contributed by atoms with Gasteiger partial charge >= 0.3 is 12.1 Å². The summed E-state index contributed by atoms with van der Waals surface area (Å²) in [6, 6.07) is 10.4. The number of carbonyl (C=O) groups excluding carboxylic acids is 3. The third kappa shape index (κ3) is 5.73. The van der Waals surface area contributed by atoms with Crippen LogP contribution in [0.3, 0.4) is 0 Å². The van der Waals surface area contributed by atoms with E-state index in [0.717, 1.165) is 44.9 Å². The van der Waals surface area contributed by atoms with Gasteiger partial charge < -0.3 is 19.7 Å². The molecule has 0 saturated heterocycles. The van der Waals surface area contributed by atoms with Crippen LogP contribution in [0.15, 0.2) is 30.3 Å². The van der Waals surface area contributed by atoms with Gasteiger partial charge in [0.1, 0.15) is 5.60 Å². The number of amides is 2. The van der Waals surface area contributed by atoms with E-state index in [2.05, 4.69) is 17.4 Å². The second-order valence-electron chi connectivity index (χ2n) is 11.3. The van der Waals surface area contributed by atoms with Crippen molar-refractivity contribution < 1.29 is 23.9 Å². The zero-order chi connectivity index (χ0) is 24.5. The summed E-state index contributed by atoms with van der Waals surface area (Å²) in [6.07, 6.45) is 5.11. The van der Waals surface area contributed by atoms with E-state index in [1.165, 1.54) is 12.7 Å². The summed E-state index contributed by atoms with van der Waals surface area (Å²) in [5, 5.41) is 3.22. The van der Waals surface area contributed by atoms with Crippen LogP contribution in [0.2, 0.25) is 0 Å². The molecule has 3 fully saturated rings. The Labute approximate surface area is 202 Å². The van der Waals surface area contributed by atoms with E-state index in [1.807, 2.05) is 43.9 Å². The highest BCUT2D eigenvalue weighted by Gasteiger charge is 2.56. The maximum atomic E-state index is 13.3. The summed E-state index contributed by atoms with van der Waals surface area (Å²) in [5.41, 5.74) is 0.0848. The minimum absolute atomic E-state index is 0.0273. The molecule has 0 aliphatic heterocycles. The van der Waals surface area contributed by atoms with Gasteiger partial charge in [0.15, 0.2) is 0 Å². The van der Waals surface area contributed by atoms with Crippen LogP contribution in [0.5, 0.6) is 0 Å². The van der Waals surface area contributed by atoms with Crippen LogP contribution >= 0.6 is 0 Å². The van der Waals surface area contributed by atoms with Gasteiger partial charge in [0.05, 0.1) is 18.4 Å². The predicted octanol–water partition coefficient (Wildman–Crippen LogP) is 4.41. The molecule has 0 heterocycles. The molecule has 0 bridgehead atoms. The summed E-state index contributed by atoms with van der Waals surface area (Å²) < 4.78 is 10.6. The molecule has 0 radical (unpaired) electrons. The van der Waals surface area contributed by atoms with Gasteiger partial charge in [-0.25, -0.2) is 4.79 Å². The zero-order valence-electron chi connectivity index (χ0n) is 20.8. The van der Waals surface area contributed by atoms with E-state index in [-0.39, 0.29) is 41.9 Å². The first-order chi connectivity index (χ1) is 16.1. The quantitative estimate of drug-likeness (QED) is 0.597. The van der Waals surface area contributed by atoms with E-state index in [4.69, 9.17) is 9.47 Å². The summed E-state index contributed by atoms with van der Waals surface area (Å²) in [6.45, 7) is 6.00. The second kappa shape index (κ2) is 9.59. The number of hydrogen-bond donors (Lipinski definition) is 1. The number of esters is 1. The molecule has 2 atom stereocenters. The molecule has 1 aromatic rings. The Balaban J connectivity index is 1.40. The summed E-state index contributed by atoms with van der Waals surface area (Å²) in [7, 11) is 1.42. The average molecular weight is 471 g/mol. The normalized spacial score (nSPS) is 27.3. The van der Waals surface area contributed by atoms with E-state index in [1.54, 1.807) is 0 Å². The van der Waals surface area contributed by atoms with Gasteiger partial charge in [0.25, 0.3) is 0 Å². The van der Waals surface area contributed by atoms with Gasteiger partial charge in [-0.15, -0.1) is 0 Å². The van der Waals surface area contributed by atoms with Crippen LogP contribution < -0.4 is 5.32 Å². The second-order valence-corrected chi connectivity index (χ2v) is 11.3. The number of methoxy groups -OCH3 is 1. The molecule has 0 aromatic heterocycles. The fraction of sp³-hybridized carbons (Fsp3) is 0.667. The molecule has 4 rings (SSSR count). The van der Waals surface area contributed by atoms with Crippen molar-refractivity contribution in [3.8, 4) is 0 Å². The van der Waals surface area contributed by atoms with Crippen LogP contribution in [-0.4, -0.2) is 54.2 Å². The van der Waals surface area contributed by atoms with Crippen molar-refractivity contribution in [2.45, 2.75) is 89.3 Å². The summed E-state index contributed by atoms with van der Waals surface area (Å²) >= 11 is 0. The molecule has 7 heteroatoms. The molecule has 3 aliphatic rings. The first kappa shape index (κ1) is 24.6. The molecular weight excluding hydrogens is 432 g/mol. The number of carbonyl (C=O) groups is 3. The molecule has 2 amide bonds. The van der Waals surface area contributed by atoms with Crippen LogP contribution in [-0.2, 0) is 19.1 Å². The number of nitrogens with zero attached hydrogens (tertiary/aromatic N) is 1. The average Bonchev–Trinajstić information content (AvgIpc) is 3.72. The number of benzene rings is 1. The lowest BCUT2D eigenvalue weighted by Crippen LogP contribution is -2.48. The fourth-order valence-electron chi connectivity index (χ4n) is 5.13. The first-order valence-electron chi connectivity index (χ1n) is 12.6. The van der Waals surface area contributed by atoms with Crippen molar-refractivity contribution in [2.24, 2.45) is 11.3 Å². The number of hydrogen-bond acceptors (Lipinski definition) is 5. The standard InChI is InChI=1S/C27H38N2O5/c1-26(2,3)34-25(32)29(22-16-21(22)18-8-6-5-7-9-18)17-27(14-15-27)24(31)28-20-12-10-19(11-13-20)23(30)33-4/h5-9,19-22H,10-17H2,1-4H3,(H,28,31)/t19-,20-,21?,22?. The Morgan fingerprint density at radius 1 is 1.06 bits per heavy atom. The molecule has 3 saturated carbocycles. The first-order valence-corrected chi connectivity index (χ1v) is 12.6. The fourth-order valence-corrected chi connectivity index (χ4v) is 5.13. The van der Waals surface area contributed by atoms with Crippen LogP contribution in [0.1, 0.15) is 77.2 Å². The van der Waals surface area contributed by atoms with Crippen molar-refractivity contribution in [1.29, 1.82) is 0 Å². The van der Waals surface area contributed by atoms with Gasteiger partial charge in [-0.1, -0.05) is 30.3 Å². The summed E-state index contributed by atoms with van der Waals surface area (Å²) in [5.74, 6) is 0.0787. The van der Waals surface area contributed by atoms with Crippen molar-refractivity contribution in [3.05, 3.63) is 35.9 Å². The largest absolute Gasteiger partial charge is 0.469 e. The Morgan fingerprint density at radius 3 is 2.26 bits per heavy atom. The van der Waals surface area contributed by atoms with E-state index in [0.29, 0.717) is 6.54 Å². The Bertz CT molecular complexity index is 897. The highest BCUT2D eigenvalue weighted by Crippen LogP contribution is 2.51. The molecule has 186 valence electrons. The molecule has 7 nitrogen and oxygen atoms in total. The number of rotatable bonds is 7. The van der Waals surface area contributed by atoms with Crippen LogP contribution in [0.4, 0.5) is 4.79 Å². The van der Waals surface area contributed by atoms with Crippen LogP contribution in [0, 0.1) is 11.3 Å². The number of nitrogens with one attached hydrogen (secondary N) is 1. The van der Waals surface area contributed by atoms with E-state index >= 15 is 0 Å². The Kier molecular flexibility index (Phi) is 6.92. The van der Waals surface area contributed by atoms with Crippen molar-refractivity contribution in [1.82, 2.24) is 10.2 Å². The molecule has 1 N–H and O–H groups in total. The van der Waals surface area contributed by atoms with Gasteiger partial charge in [-0.05, 0) is 71.3 Å². The monoisotopic (exact) mass is 470 g/mol. The smallest absolute Gasteiger partial charge is 0.410 e. The van der Waals surface area contributed by atoms with E-state index < -0.39 is 11.0 Å². The highest BCUT2D eigenvalue weighted by atomic mass is 16.6. The van der Waals surface area contributed by atoms with Gasteiger partial charge in [-0.2, -0.15) is 0 Å². The zero-order valence-corrected chi connectivity index (χ0v) is 20.8. The Hall–Kier alpha value is -2.57. The minimum Gasteiger partial charge on any atom is -0.469 e. The lowest BCUT2D eigenvalue weighted by Gasteiger charge is -2.32. The maximum Gasteiger partial charge on any atom is 0.410 e. The lowest BCUT2D eigenvalue weighted by atomic mass is 9.85. The van der Waals surface area contributed by atoms with Crippen molar-refractivity contribution >= 4 is 18.0 Å². The third-order valence-electron chi connectivity index (χ3n) is 7.42. The number of ether oxygens (including phenoxy) is 2. The molecular formula is C27H38N2O5. The van der Waals surface area contributed by atoms with Crippen LogP contribution in [0.25, 0.3) is 0 Å². The maximum absolute atomic E-state index is 13.3. The predicted molar refractivity (Wildman–Crippen MR) is 128 cm³/mol. The SMILES string of the molecule is COC(=O)[C@H]1CC[C@H](NC(=O)C2(CN(C(=O)OC(C)(C)C)C3CC3c3ccccc3)CC2)CC1. The summed E-state index contributed by atoms with van der Waals surface area (Å²) in [4.78, 5) is 40.1. The van der Waals surface area contributed by atoms with E-state index in [9.17, 15) is 14.4 Å². The van der Waals surface area contributed by atoms with Gasteiger partial charge in [0, 0.05) is 24.5 Å². The molecule has 3 aliphatic carbocycles. The third-order valence-corrected chi connectivity index (χ3v) is 7.42. The molecule has 2 unspecified atom stereocenters. The highest BCUT2D eigenvalue weighted by molar-refractivity contribution is 5.86. The molecule has 34 heavy (non-hydrogen) atoms. The van der Waals surface area contributed by atoms with Crippen molar-refractivity contribution in [3.63, 3.8) is 0 Å². The van der Waals surface area contributed by atoms with Gasteiger partial charge in [-0.3, -0.25) is 9.59 Å². The Morgan fingerprint density at radius 2 is 1.71 bits per heavy atom. The topological polar surface area (TPSA) is 84.9 Å².